The second-order valence-electron chi connectivity index (χ2n) is 5.14. The molecule has 2 N–H and O–H groups in total. The van der Waals surface area contributed by atoms with E-state index in [1.54, 1.807) is 0 Å². The molecule has 0 aromatic heterocycles. The summed E-state index contributed by atoms with van der Waals surface area (Å²) in [5, 5.41) is 6.03. The monoisotopic (exact) mass is 268 g/mol. The van der Waals surface area contributed by atoms with Gasteiger partial charge >= 0.3 is 0 Å². The summed E-state index contributed by atoms with van der Waals surface area (Å²) >= 11 is 0. The average Bonchev–Trinajstić information content (AvgIpc) is 2.36. The summed E-state index contributed by atoms with van der Waals surface area (Å²) in [6.45, 7) is 4.27. The van der Waals surface area contributed by atoms with Gasteiger partial charge in [-0.05, 0) is 38.3 Å². The molecule has 1 aliphatic rings. The lowest BCUT2D eigenvalue weighted by molar-refractivity contribution is 0.0923. The molecule has 0 saturated carbocycles. The molecule has 1 amide bonds. The highest BCUT2D eigenvalue weighted by Crippen LogP contribution is 2.15. The predicted octanol–water partition coefficient (Wildman–Crippen LogP) is 2.14. The van der Waals surface area contributed by atoms with Crippen molar-refractivity contribution in [3.63, 3.8) is 0 Å². The van der Waals surface area contributed by atoms with Crippen molar-refractivity contribution in [1.29, 1.82) is 0 Å². The summed E-state index contributed by atoms with van der Waals surface area (Å²) in [5.74, 6) is -1.94. The van der Waals surface area contributed by atoms with Crippen LogP contribution in [0.1, 0.15) is 35.7 Å². The molecule has 0 aliphatic carbocycles. The third kappa shape index (κ3) is 3.29. The molecule has 104 valence electrons. The summed E-state index contributed by atoms with van der Waals surface area (Å²) in [4.78, 5) is 12.0. The number of rotatable bonds is 2. The van der Waals surface area contributed by atoms with Gasteiger partial charge in [0.25, 0.3) is 5.91 Å². The summed E-state index contributed by atoms with van der Waals surface area (Å²) in [5.41, 5.74) is 0.166. The van der Waals surface area contributed by atoms with Gasteiger partial charge in [-0.2, -0.15) is 0 Å². The maximum atomic E-state index is 13.6. The van der Waals surface area contributed by atoms with Crippen molar-refractivity contribution >= 4 is 5.91 Å². The van der Waals surface area contributed by atoms with Crippen LogP contribution in [-0.4, -0.2) is 24.5 Å². The maximum Gasteiger partial charge on any atom is 0.254 e. The molecule has 1 aromatic carbocycles. The van der Waals surface area contributed by atoms with Crippen LogP contribution in [0.2, 0.25) is 0 Å². The summed E-state index contributed by atoms with van der Waals surface area (Å²) < 4.78 is 26.7. The zero-order valence-corrected chi connectivity index (χ0v) is 11.1. The van der Waals surface area contributed by atoms with E-state index in [1.165, 1.54) is 13.0 Å². The van der Waals surface area contributed by atoms with Crippen molar-refractivity contribution in [2.75, 3.05) is 6.54 Å². The Labute approximate surface area is 111 Å². The smallest absolute Gasteiger partial charge is 0.254 e. The Kier molecular flexibility index (Phi) is 4.14. The largest absolute Gasteiger partial charge is 0.348 e. The van der Waals surface area contributed by atoms with Gasteiger partial charge in [0.05, 0.1) is 5.56 Å². The number of carbonyl (C=O) groups excluding carboxylic acids is 1. The summed E-state index contributed by atoms with van der Waals surface area (Å²) in [6.07, 6.45) is 1.83. The Hall–Kier alpha value is -1.49. The Bertz CT molecular complexity index is 483. The van der Waals surface area contributed by atoms with Gasteiger partial charge in [-0.1, -0.05) is 0 Å². The van der Waals surface area contributed by atoms with Crippen LogP contribution in [-0.2, 0) is 0 Å². The van der Waals surface area contributed by atoms with Crippen LogP contribution in [0, 0.1) is 18.6 Å². The number of amides is 1. The minimum absolute atomic E-state index is 0.00606. The van der Waals surface area contributed by atoms with E-state index in [0.717, 1.165) is 18.9 Å². The van der Waals surface area contributed by atoms with Gasteiger partial charge in [-0.3, -0.25) is 4.79 Å². The Morgan fingerprint density at radius 2 is 2.05 bits per heavy atom. The SMILES string of the molecule is Cc1cc(C(=O)NC2CCC(C)NC2)c(F)cc1F. The number of hydrogen-bond acceptors (Lipinski definition) is 2. The van der Waals surface area contributed by atoms with Crippen LogP contribution in [0.3, 0.4) is 0 Å². The summed E-state index contributed by atoms with van der Waals surface area (Å²) in [7, 11) is 0. The van der Waals surface area contributed by atoms with Crippen molar-refractivity contribution in [2.24, 2.45) is 0 Å². The van der Waals surface area contributed by atoms with Crippen molar-refractivity contribution in [2.45, 2.75) is 38.8 Å². The molecule has 1 aliphatic heterocycles. The lowest BCUT2D eigenvalue weighted by atomic mass is 10.0. The molecule has 2 rings (SSSR count). The number of carbonyl (C=O) groups is 1. The molecule has 0 spiro atoms. The van der Waals surface area contributed by atoms with Gasteiger partial charge in [0.1, 0.15) is 11.6 Å². The molecule has 1 heterocycles. The van der Waals surface area contributed by atoms with Crippen molar-refractivity contribution < 1.29 is 13.6 Å². The molecular weight excluding hydrogens is 250 g/mol. The van der Waals surface area contributed by atoms with E-state index in [9.17, 15) is 13.6 Å². The molecule has 5 heteroatoms. The fraction of sp³-hybridized carbons (Fsp3) is 0.500. The van der Waals surface area contributed by atoms with Gasteiger partial charge in [0.2, 0.25) is 0 Å². The van der Waals surface area contributed by atoms with Crippen LogP contribution in [0.5, 0.6) is 0 Å². The molecule has 2 unspecified atom stereocenters. The van der Waals surface area contributed by atoms with E-state index in [0.29, 0.717) is 12.6 Å². The van der Waals surface area contributed by atoms with E-state index in [4.69, 9.17) is 0 Å². The van der Waals surface area contributed by atoms with Crippen LogP contribution < -0.4 is 10.6 Å². The average molecular weight is 268 g/mol. The highest BCUT2D eigenvalue weighted by molar-refractivity contribution is 5.94. The van der Waals surface area contributed by atoms with Crippen molar-refractivity contribution in [3.05, 3.63) is 34.9 Å². The predicted molar refractivity (Wildman–Crippen MR) is 69.0 cm³/mol. The number of halogens is 2. The highest BCUT2D eigenvalue weighted by Gasteiger charge is 2.21. The number of piperidine rings is 1. The number of aryl methyl sites for hydroxylation is 1. The van der Waals surface area contributed by atoms with Crippen LogP contribution in [0.4, 0.5) is 8.78 Å². The topological polar surface area (TPSA) is 41.1 Å². The minimum Gasteiger partial charge on any atom is -0.348 e. The van der Waals surface area contributed by atoms with Crippen LogP contribution in [0.15, 0.2) is 12.1 Å². The van der Waals surface area contributed by atoms with Crippen molar-refractivity contribution in [3.8, 4) is 0 Å². The summed E-state index contributed by atoms with van der Waals surface area (Å²) in [6, 6.07) is 2.44. The third-order valence-corrected chi connectivity index (χ3v) is 3.49. The fourth-order valence-corrected chi connectivity index (χ4v) is 2.22. The second-order valence-corrected chi connectivity index (χ2v) is 5.14. The highest BCUT2D eigenvalue weighted by atomic mass is 19.1. The maximum absolute atomic E-state index is 13.6. The molecular formula is C14H18F2N2O. The Balaban J connectivity index is 2.06. The number of nitrogens with one attached hydrogen (secondary N) is 2. The molecule has 2 atom stereocenters. The molecule has 19 heavy (non-hydrogen) atoms. The lowest BCUT2D eigenvalue weighted by Crippen LogP contribution is -2.48. The third-order valence-electron chi connectivity index (χ3n) is 3.49. The van der Waals surface area contributed by atoms with E-state index in [-0.39, 0.29) is 17.2 Å². The molecule has 0 radical (unpaired) electrons. The van der Waals surface area contributed by atoms with Gasteiger partial charge in [-0.25, -0.2) is 8.78 Å². The minimum atomic E-state index is -0.822. The zero-order valence-electron chi connectivity index (χ0n) is 11.1. The van der Waals surface area contributed by atoms with Gasteiger partial charge in [0, 0.05) is 24.7 Å². The molecule has 3 nitrogen and oxygen atoms in total. The molecule has 1 aromatic rings. The molecule has 0 bridgehead atoms. The van der Waals surface area contributed by atoms with Gasteiger partial charge < -0.3 is 10.6 Å². The first-order valence-corrected chi connectivity index (χ1v) is 6.47. The standard InChI is InChI=1S/C14H18F2N2O/c1-8-5-11(13(16)6-12(8)15)14(19)18-10-4-3-9(2)17-7-10/h5-6,9-10,17H,3-4,7H2,1-2H3,(H,18,19). The fourth-order valence-electron chi connectivity index (χ4n) is 2.22. The van der Waals surface area contributed by atoms with E-state index in [2.05, 4.69) is 17.6 Å². The lowest BCUT2D eigenvalue weighted by Gasteiger charge is -2.28. The van der Waals surface area contributed by atoms with Crippen LogP contribution >= 0.6 is 0 Å². The number of benzene rings is 1. The molecule has 1 saturated heterocycles. The van der Waals surface area contributed by atoms with Gasteiger partial charge in [0.15, 0.2) is 0 Å². The quantitative estimate of drug-likeness (QED) is 0.863. The first kappa shape index (κ1) is 13.9. The van der Waals surface area contributed by atoms with Crippen LogP contribution in [0.25, 0.3) is 0 Å². The Morgan fingerprint density at radius 3 is 2.68 bits per heavy atom. The first-order chi connectivity index (χ1) is 8.97. The zero-order chi connectivity index (χ0) is 14.0. The van der Waals surface area contributed by atoms with E-state index in [1.807, 2.05) is 0 Å². The second kappa shape index (κ2) is 5.65. The normalized spacial score (nSPS) is 23.2. The van der Waals surface area contributed by atoms with E-state index < -0.39 is 17.5 Å². The van der Waals surface area contributed by atoms with Crippen molar-refractivity contribution in [1.82, 2.24) is 10.6 Å². The van der Waals surface area contributed by atoms with E-state index >= 15 is 0 Å². The van der Waals surface area contributed by atoms with Gasteiger partial charge in [-0.15, -0.1) is 0 Å². The first-order valence-electron chi connectivity index (χ1n) is 6.47. The molecule has 1 fully saturated rings. The number of hydrogen-bond donors (Lipinski definition) is 2. The Morgan fingerprint density at radius 1 is 1.32 bits per heavy atom.